The van der Waals surface area contributed by atoms with Gasteiger partial charge in [-0.05, 0) is 25.3 Å². The van der Waals surface area contributed by atoms with Gasteiger partial charge in [-0.25, -0.2) is 4.68 Å². The molecule has 0 fully saturated rings. The molecule has 6 heteroatoms. The van der Waals surface area contributed by atoms with Crippen LogP contribution in [0, 0.1) is 6.92 Å². The maximum atomic E-state index is 11.5. The summed E-state index contributed by atoms with van der Waals surface area (Å²) in [6.07, 6.45) is 1.50. The largest absolute Gasteiger partial charge is 0.390 e. The van der Waals surface area contributed by atoms with E-state index in [0.29, 0.717) is 12.1 Å². The van der Waals surface area contributed by atoms with Crippen molar-refractivity contribution in [1.82, 2.24) is 20.3 Å². The molecule has 0 spiro atoms. The molecule has 21 heavy (non-hydrogen) atoms. The SMILES string of the molecule is CNC(=O)Cn1nnc(CO)c1CCc1ccc(C)cc1. The predicted molar refractivity (Wildman–Crippen MR) is 78.6 cm³/mol. The van der Waals surface area contributed by atoms with Gasteiger partial charge in [0.1, 0.15) is 12.2 Å². The topological polar surface area (TPSA) is 80.0 Å². The van der Waals surface area contributed by atoms with Crippen LogP contribution in [0.15, 0.2) is 24.3 Å². The van der Waals surface area contributed by atoms with Crippen molar-refractivity contribution in [3.8, 4) is 0 Å². The maximum absolute atomic E-state index is 11.5. The number of hydrogen-bond donors (Lipinski definition) is 2. The van der Waals surface area contributed by atoms with E-state index in [-0.39, 0.29) is 19.1 Å². The molecular formula is C15H20N4O2. The molecule has 0 radical (unpaired) electrons. The summed E-state index contributed by atoms with van der Waals surface area (Å²) in [6.45, 7) is 2.00. The van der Waals surface area contributed by atoms with Crippen LogP contribution in [-0.2, 0) is 30.8 Å². The fourth-order valence-corrected chi connectivity index (χ4v) is 2.12. The van der Waals surface area contributed by atoms with Crippen molar-refractivity contribution in [3.63, 3.8) is 0 Å². The summed E-state index contributed by atoms with van der Waals surface area (Å²) in [5, 5.41) is 19.8. The molecule has 0 saturated heterocycles. The molecule has 6 nitrogen and oxygen atoms in total. The summed E-state index contributed by atoms with van der Waals surface area (Å²) in [4.78, 5) is 11.5. The van der Waals surface area contributed by atoms with Crippen molar-refractivity contribution in [2.75, 3.05) is 7.05 Å². The highest BCUT2D eigenvalue weighted by Crippen LogP contribution is 2.12. The minimum absolute atomic E-state index is 0.118. The number of likely N-dealkylation sites (N-methyl/N-ethyl adjacent to an activating group) is 1. The van der Waals surface area contributed by atoms with E-state index in [0.717, 1.165) is 12.1 Å². The molecule has 1 aromatic heterocycles. The van der Waals surface area contributed by atoms with Crippen LogP contribution in [-0.4, -0.2) is 33.1 Å². The third-order valence-corrected chi connectivity index (χ3v) is 3.41. The fraction of sp³-hybridized carbons (Fsp3) is 0.400. The van der Waals surface area contributed by atoms with E-state index in [1.807, 2.05) is 0 Å². The summed E-state index contributed by atoms with van der Waals surface area (Å²) < 4.78 is 1.55. The lowest BCUT2D eigenvalue weighted by molar-refractivity contribution is -0.121. The normalized spacial score (nSPS) is 10.6. The van der Waals surface area contributed by atoms with Crippen LogP contribution in [0.1, 0.15) is 22.5 Å². The molecular weight excluding hydrogens is 268 g/mol. The molecule has 0 bridgehead atoms. The van der Waals surface area contributed by atoms with Crippen molar-refractivity contribution in [2.24, 2.45) is 0 Å². The predicted octanol–water partition coefficient (Wildman–Crippen LogP) is 0.610. The highest BCUT2D eigenvalue weighted by atomic mass is 16.3. The van der Waals surface area contributed by atoms with Gasteiger partial charge in [-0.15, -0.1) is 5.10 Å². The van der Waals surface area contributed by atoms with Crippen LogP contribution in [0.25, 0.3) is 0 Å². The Morgan fingerprint density at radius 2 is 2.00 bits per heavy atom. The molecule has 2 aromatic rings. The van der Waals surface area contributed by atoms with Crippen molar-refractivity contribution in [2.45, 2.75) is 32.9 Å². The van der Waals surface area contributed by atoms with Crippen molar-refractivity contribution in [1.29, 1.82) is 0 Å². The Labute approximate surface area is 123 Å². The Bertz CT molecular complexity index is 605. The third-order valence-electron chi connectivity index (χ3n) is 3.41. The average Bonchev–Trinajstić information content (AvgIpc) is 2.88. The summed E-state index contributed by atoms with van der Waals surface area (Å²) >= 11 is 0. The Balaban J connectivity index is 2.11. The first kappa shape index (κ1) is 15.2. The molecule has 0 unspecified atom stereocenters. The molecule has 0 aliphatic carbocycles. The molecule has 0 aliphatic heterocycles. The molecule has 2 N–H and O–H groups in total. The van der Waals surface area contributed by atoms with Gasteiger partial charge in [0.2, 0.25) is 5.91 Å². The lowest BCUT2D eigenvalue weighted by Crippen LogP contribution is -2.25. The monoisotopic (exact) mass is 288 g/mol. The second-order valence-corrected chi connectivity index (χ2v) is 4.96. The lowest BCUT2D eigenvalue weighted by Gasteiger charge is -2.07. The second kappa shape index (κ2) is 6.99. The number of benzene rings is 1. The molecule has 1 amide bonds. The van der Waals surface area contributed by atoms with Gasteiger partial charge in [0.25, 0.3) is 0 Å². The molecule has 1 heterocycles. The van der Waals surface area contributed by atoms with E-state index in [9.17, 15) is 9.90 Å². The van der Waals surface area contributed by atoms with Gasteiger partial charge >= 0.3 is 0 Å². The van der Waals surface area contributed by atoms with Crippen molar-refractivity contribution in [3.05, 3.63) is 46.8 Å². The highest BCUT2D eigenvalue weighted by Gasteiger charge is 2.14. The minimum atomic E-state index is -0.170. The number of nitrogens with zero attached hydrogens (tertiary/aromatic N) is 3. The van der Waals surface area contributed by atoms with Gasteiger partial charge in [0, 0.05) is 7.05 Å². The Morgan fingerprint density at radius 1 is 1.29 bits per heavy atom. The molecule has 1 aromatic carbocycles. The van der Waals surface area contributed by atoms with E-state index in [1.54, 1.807) is 11.7 Å². The number of carbonyl (C=O) groups is 1. The number of rotatable bonds is 6. The number of carbonyl (C=O) groups excluding carboxylic acids is 1. The Kier molecular flexibility index (Phi) is 5.05. The minimum Gasteiger partial charge on any atom is -0.390 e. The van der Waals surface area contributed by atoms with Gasteiger partial charge in [-0.1, -0.05) is 35.0 Å². The van der Waals surface area contributed by atoms with Gasteiger partial charge in [-0.3, -0.25) is 4.79 Å². The van der Waals surface area contributed by atoms with E-state index < -0.39 is 0 Å². The highest BCUT2D eigenvalue weighted by molar-refractivity contribution is 5.75. The lowest BCUT2D eigenvalue weighted by atomic mass is 10.1. The van der Waals surface area contributed by atoms with Gasteiger partial charge in [-0.2, -0.15) is 0 Å². The number of aliphatic hydroxyl groups is 1. The first-order valence-corrected chi connectivity index (χ1v) is 6.92. The Hall–Kier alpha value is -2.21. The van der Waals surface area contributed by atoms with Crippen LogP contribution < -0.4 is 5.32 Å². The van der Waals surface area contributed by atoms with E-state index in [1.165, 1.54) is 11.1 Å². The van der Waals surface area contributed by atoms with Gasteiger partial charge in [0.05, 0.1) is 12.3 Å². The van der Waals surface area contributed by atoms with Gasteiger partial charge < -0.3 is 10.4 Å². The zero-order valence-electron chi connectivity index (χ0n) is 12.3. The molecule has 0 saturated carbocycles. The molecule has 0 atom stereocenters. The molecule has 2 rings (SSSR count). The fourth-order valence-electron chi connectivity index (χ4n) is 2.12. The standard InChI is InChI=1S/C15H20N4O2/c1-11-3-5-12(6-4-11)7-8-14-13(10-20)17-18-19(14)9-15(21)16-2/h3-6,20H,7-10H2,1-2H3,(H,16,21). The van der Waals surface area contributed by atoms with Crippen LogP contribution >= 0.6 is 0 Å². The van der Waals surface area contributed by atoms with Crippen molar-refractivity contribution >= 4 is 5.91 Å². The smallest absolute Gasteiger partial charge is 0.241 e. The van der Waals surface area contributed by atoms with Gasteiger partial charge in [0.15, 0.2) is 0 Å². The summed E-state index contributed by atoms with van der Waals surface area (Å²) in [5.74, 6) is -0.138. The maximum Gasteiger partial charge on any atom is 0.241 e. The van der Waals surface area contributed by atoms with Crippen molar-refractivity contribution < 1.29 is 9.90 Å². The summed E-state index contributed by atoms with van der Waals surface area (Å²) in [6, 6.07) is 8.31. The number of amides is 1. The molecule has 0 aliphatic rings. The van der Waals surface area contributed by atoms with E-state index in [2.05, 4.69) is 46.8 Å². The zero-order valence-corrected chi connectivity index (χ0v) is 12.3. The van der Waals surface area contributed by atoms with E-state index >= 15 is 0 Å². The number of aryl methyl sites for hydroxylation is 2. The van der Waals surface area contributed by atoms with Crippen LogP contribution in [0.5, 0.6) is 0 Å². The third kappa shape index (κ3) is 3.88. The Morgan fingerprint density at radius 3 is 2.62 bits per heavy atom. The average molecular weight is 288 g/mol. The first-order valence-electron chi connectivity index (χ1n) is 6.92. The number of aliphatic hydroxyl groups excluding tert-OH is 1. The first-order chi connectivity index (χ1) is 10.1. The van der Waals surface area contributed by atoms with Crippen LogP contribution in [0.3, 0.4) is 0 Å². The number of hydrogen-bond acceptors (Lipinski definition) is 4. The van der Waals surface area contributed by atoms with Crippen LogP contribution in [0.4, 0.5) is 0 Å². The second-order valence-electron chi connectivity index (χ2n) is 4.96. The number of aromatic nitrogens is 3. The van der Waals surface area contributed by atoms with E-state index in [4.69, 9.17) is 0 Å². The zero-order chi connectivity index (χ0) is 15.2. The number of nitrogens with one attached hydrogen (secondary N) is 1. The quantitative estimate of drug-likeness (QED) is 0.816. The summed E-state index contributed by atoms with van der Waals surface area (Å²) in [7, 11) is 1.58. The van der Waals surface area contributed by atoms with Crippen LogP contribution in [0.2, 0.25) is 0 Å². The summed E-state index contributed by atoms with van der Waals surface area (Å²) in [5.41, 5.74) is 3.77. The molecule has 112 valence electrons.